The molecule has 1 atom stereocenters. The van der Waals surface area contributed by atoms with E-state index in [9.17, 15) is 4.79 Å². The molecule has 3 aromatic carbocycles. The number of likely N-dealkylation sites (tertiary alicyclic amines) is 2. The van der Waals surface area contributed by atoms with Crippen molar-refractivity contribution in [3.8, 4) is 11.1 Å². The van der Waals surface area contributed by atoms with Crippen LogP contribution < -0.4 is 11.1 Å². The normalized spacial score (nSPS) is 17.7. The number of nitrogens with two attached hydrogens (primary N) is 1. The Morgan fingerprint density at radius 2 is 1.67 bits per heavy atom. The monoisotopic (exact) mass is 539 g/mol. The van der Waals surface area contributed by atoms with Gasteiger partial charge < -0.3 is 20.9 Å². The van der Waals surface area contributed by atoms with Crippen LogP contribution >= 0.6 is 11.6 Å². The molecule has 0 bridgehead atoms. The molecule has 3 N–H and O–H groups in total. The highest BCUT2D eigenvalue weighted by Gasteiger charge is 2.32. The molecule has 7 heteroatoms. The Hall–Kier alpha value is -3.61. The van der Waals surface area contributed by atoms with Gasteiger partial charge in [-0.3, -0.25) is 4.79 Å². The molecule has 2 aliphatic heterocycles. The smallest absolute Gasteiger partial charge is 0.254 e. The number of benzene rings is 3. The van der Waals surface area contributed by atoms with Crippen LogP contribution in [0, 0.1) is 0 Å². The number of nitrogen functional groups attached to an aromatic ring is 1. The number of aromatic nitrogens is 1. The maximum Gasteiger partial charge on any atom is 0.254 e. The number of nitrogens with one attached hydrogen (secondary N) is 1. The first kappa shape index (κ1) is 25.7. The molecular formula is C32H34ClN5O. The molecule has 200 valence electrons. The Morgan fingerprint density at radius 1 is 0.923 bits per heavy atom. The second-order valence-electron chi connectivity index (χ2n) is 10.7. The summed E-state index contributed by atoms with van der Waals surface area (Å²) in [5.41, 5.74) is 11.3. The lowest BCUT2D eigenvalue weighted by Crippen LogP contribution is -2.42. The van der Waals surface area contributed by atoms with Crippen molar-refractivity contribution < 1.29 is 4.79 Å². The number of amides is 1. The molecule has 0 aliphatic carbocycles. The molecule has 6 nitrogen and oxygen atoms in total. The average molecular weight is 540 g/mol. The second kappa shape index (κ2) is 11.2. The molecule has 0 radical (unpaired) electrons. The van der Waals surface area contributed by atoms with E-state index in [0.29, 0.717) is 22.9 Å². The zero-order valence-electron chi connectivity index (χ0n) is 22.1. The minimum absolute atomic E-state index is 0.0908. The van der Waals surface area contributed by atoms with Gasteiger partial charge in [0.25, 0.3) is 5.91 Å². The van der Waals surface area contributed by atoms with Crippen LogP contribution in [0.2, 0.25) is 5.02 Å². The molecule has 1 aromatic heterocycles. The van der Waals surface area contributed by atoms with E-state index in [2.05, 4.69) is 27.2 Å². The third-order valence-electron chi connectivity index (χ3n) is 7.98. The van der Waals surface area contributed by atoms with Gasteiger partial charge in [-0.15, -0.1) is 0 Å². The van der Waals surface area contributed by atoms with Crippen molar-refractivity contribution in [1.82, 2.24) is 14.8 Å². The van der Waals surface area contributed by atoms with Gasteiger partial charge in [-0.05, 0) is 97.9 Å². The van der Waals surface area contributed by atoms with Gasteiger partial charge in [-0.25, -0.2) is 4.98 Å². The lowest BCUT2D eigenvalue weighted by Gasteiger charge is -2.29. The summed E-state index contributed by atoms with van der Waals surface area (Å²) in [6.45, 7) is 4.63. The van der Waals surface area contributed by atoms with Crippen LogP contribution in [0.3, 0.4) is 0 Å². The number of nitrogens with zero attached hydrogens (tertiary/aromatic N) is 3. The number of pyridine rings is 1. The van der Waals surface area contributed by atoms with Crippen molar-refractivity contribution >= 4 is 39.9 Å². The van der Waals surface area contributed by atoms with E-state index in [-0.39, 0.29) is 11.9 Å². The molecule has 4 aromatic rings. The molecular weight excluding hydrogens is 506 g/mol. The van der Waals surface area contributed by atoms with E-state index in [1.165, 1.54) is 12.8 Å². The van der Waals surface area contributed by atoms with Crippen molar-refractivity contribution in [2.24, 2.45) is 0 Å². The van der Waals surface area contributed by atoms with E-state index in [1.54, 1.807) is 0 Å². The van der Waals surface area contributed by atoms with Crippen molar-refractivity contribution in [2.75, 3.05) is 37.2 Å². The summed E-state index contributed by atoms with van der Waals surface area (Å²) < 4.78 is 0. The van der Waals surface area contributed by atoms with E-state index >= 15 is 0 Å². The van der Waals surface area contributed by atoms with E-state index < -0.39 is 0 Å². The Balaban J connectivity index is 1.35. The summed E-state index contributed by atoms with van der Waals surface area (Å²) in [4.78, 5) is 23.7. The maximum absolute atomic E-state index is 14.2. The van der Waals surface area contributed by atoms with Crippen LogP contribution in [0.4, 0.5) is 11.5 Å². The average Bonchev–Trinajstić information content (AvgIpc) is 3.65. The van der Waals surface area contributed by atoms with Crippen LogP contribution in [-0.4, -0.2) is 52.9 Å². The highest BCUT2D eigenvalue weighted by Crippen LogP contribution is 2.31. The molecule has 0 spiro atoms. The molecule has 2 saturated heterocycles. The third kappa shape index (κ3) is 5.72. The van der Waals surface area contributed by atoms with Gasteiger partial charge in [0, 0.05) is 41.8 Å². The SMILES string of the molecule is Nc1ccc(-c2ccc3nc(NCc4ccc(Cl)cc4)cc(C(=O)N4CCC[C@H]4CN4CCCC4)c3c2)cc1. The number of carbonyl (C=O) groups is 1. The van der Waals surface area contributed by atoms with Crippen LogP contribution in [-0.2, 0) is 6.54 Å². The van der Waals surface area contributed by atoms with E-state index in [4.69, 9.17) is 22.3 Å². The van der Waals surface area contributed by atoms with Crippen LogP contribution in [0.5, 0.6) is 0 Å². The standard InChI is InChI=1S/C32H34ClN5O/c33-25-10-5-22(6-11-25)20-35-31-19-29(32(39)38-17-3-4-27(38)21-37-15-1-2-16-37)28-18-24(9-14-30(28)36-31)23-7-12-26(34)13-8-23/h5-14,18-19,27H,1-4,15-17,20-21,34H2,(H,35,36)/t27-/m0/s1. The summed E-state index contributed by atoms with van der Waals surface area (Å²) in [5, 5.41) is 5.02. The van der Waals surface area contributed by atoms with Crippen LogP contribution in [0.15, 0.2) is 72.8 Å². The number of hydrogen-bond acceptors (Lipinski definition) is 5. The van der Waals surface area contributed by atoms with Crippen LogP contribution in [0.25, 0.3) is 22.0 Å². The summed E-state index contributed by atoms with van der Waals surface area (Å²) >= 11 is 6.06. The van der Waals surface area contributed by atoms with Gasteiger partial charge in [0.2, 0.25) is 0 Å². The molecule has 0 unspecified atom stereocenters. The van der Waals surface area contributed by atoms with Crippen LogP contribution in [0.1, 0.15) is 41.6 Å². The number of anilines is 2. The summed E-state index contributed by atoms with van der Waals surface area (Å²) in [5.74, 6) is 0.782. The van der Waals surface area contributed by atoms with Crippen molar-refractivity contribution in [2.45, 2.75) is 38.3 Å². The van der Waals surface area contributed by atoms with Crippen molar-refractivity contribution in [1.29, 1.82) is 0 Å². The Labute approximate surface area is 234 Å². The highest BCUT2D eigenvalue weighted by atomic mass is 35.5. The van der Waals surface area contributed by atoms with Gasteiger partial charge in [0.15, 0.2) is 0 Å². The van der Waals surface area contributed by atoms with Gasteiger partial charge in [0.05, 0.1) is 11.1 Å². The lowest BCUT2D eigenvalue weighted by atomic mass is 9.99. The second-order valence-corrected chi connectivity index (χ2v) is 11.1. The number of hydrogen-bond donors (Lipinski definition) is 2. The zero-order valence-corrected chi connectivity index (χ0v) is 22.8. The highest BCUT2D eigenvalue weighted by molar-refractivity contribution is 6.30. The minimum atomic E-state index is 0.0908. The van der Waals surface area contributed by atoms with Gasteiger partial charge in [-0.2, -0.15) is 0 Å². The molecule has 2 fully saturated rings. The largest absolute Gasteiger partial charge is 0.399 e. The quantitative estimate of drug-likeness (QED) is 0.264. The number of halogens is 1. The summed E-state index contributed by atoms with van der Waals surface area (Å²) in [6, 6.07) is 23.9. The first-order valence-corrected chi connectivity index (χ1v) is 14.2. The van der Waals surface area contributed by atoms with Gasteiger partial charge in [-0.1, -0.05) is 41.9 Å². The topological polar surface area (TPSA) is 74.5 Å². The maximum atomic E-state index is 14.2. The van der Waals surface area contributed by atoms with Crippen molar-refractivity contribution in [3.63, 3.8) is 0 Å². The number of carbonyl (C=O) groups excluding carboxylic acids is 1. The number of rotatable bonds is 7. The number of fused-ring (bicyclic) bond motifs is 1. The first-order chi connectivity index (χ1) is 19.0. The molecule has 3 heterocycles. The predicted octanol–water partition coefficient (Wildman–Crippen LogP) is 6.45. The van der Waals surface area contributed by atoms with Gasteiger partial charge in [0.1, 0.15) is 5.82 Å². The molecule has 2 aliphatic rings. The fourth-order valence-corrected chi connectivity index (χ4v) is 5.98. The molecule has 0 saturated carbocycles. The third-order valence-corrected chi connectivity index (χ3v) is 8.23. The molecule has 39 heavy (non-hydrogen) atoms. The van der Waals surface area contributed by atoms with E-state index in [0.717, 1.165) is 72.3 Å². The summed E-state index contributed by atoms with van der Waals surface area (Å²) in [7, 11) is 0. The minimum Gasteiger partial charge on any atom is -0.399 e. The summed E-state index contributed by atoms with van der Waals surface area (Å²) in [6.07, 6.45) is 4.62. The van der Waals surface area contributed by atoms with Crippen molar-refractivity contribution in [3.05, 3.63) is 88.9 Å². The Morgan fingerprint density at radius 3 is 2.44 bits per heavy atom. The molecule has 1 amide bonds. The molecule has 6 rings (SSSR count). The zero-order chi connectivity index (χ0) is 26.8. The van der Waals surface area contributed by atoms with E-state index in [1.807, 2.05) is 60.7 Å². The van der Waals surface area contributed by atoms with Gasteiger partial charge >= 0.3 is 0 Å². The fraction of sp³-hybridized carbons (Fsp3) is 0.312. The first-order valence-electron chi connectivity index (χ1n) is 13.9. The Kier molecular flexibility index (Phi) is 7.40. The lowest BCUT2D eigenvalue weighted by molar-refractivity contribution is 0.0710. The predicted molar refractivity (Wildman–Crippen MR) is 160 cm³/mol. The fourth-order valence-electron chi connectivity index (χ4n) is 5.85. The Bertz CT molecular complexity index is 1460.